The van der Waals surface area contributed by atoms with Gasteiger partial charge in [0, 0.05) is 36.4 Å². The second kappa shape index (κ2) is 13.2. The van der Waals surface area contributed by atoms with Crippen LogP contribution in [0.2, 0.25) is 0 Å². The van der Waals surface area contributed by atoms with Crippen LogP contribution in [0.1, 0.15) is 73.8 Å². The van der Waals surface area contributed by atoms with Gasteiger partial charge in [-0.3, -0.25) is 10.1 Å². The Bertz CT molecular complexity index is 933. The molecule has 0 atom stereocenters. The molecule has 0 radical (unpaired) electrons. The zero-order valence-electron chi connectivity index (χ0n) is 21.3. The Morgan fingerprint density at radius 1 is 1.03 bits per heavy atom. The van der Waals surface area contributed by atoms with E-state index in [1.165, 1.54) is 11.3 Å². The molecule has 0 saturated heterocycles. The third-order valence-electron chi connectivity index (χ3n) is 5.14. The number of hydrogen-bond donors (Lipinski definition) is 4. The number of anilines is 3. The minimum Gasteiger partial charge on any atom is -0.444 e. The number of ether oxygens (including phenoxy) is 1. The average molecular weight is 490 g/mol. The van der Waals surface area contributed by atoms with Crippen molar-refractivity contribution in [2.24, 2.45) is 0 Å². The maximum Gasteiger partial charge on any atom is 0.407 e. The first-order valence-corrected chi connectivity index (χ1v) is 12.7. The fourth-order valence-corrected chi connectivity index (χ4v) is 4.05. The number of alkyl carbamates (subject to hydrolysis) is 1. The van der Waals surface area contributed by atoms with Gasteiger partial charge >= 0.3 is 6.09 Å². The van der Waals surface area contributed by atoms with Gasteiger partial charge < -0.3 is 20.7 Å². The summed E-state index contributed by atoms with van der Waals surface area (Å²) in [6.45, 7) is 10.9. The summed E-state index contributed by atoms with van der Waals surface area (Å²) in [5.41, 5.74) is 2.81. The van der Waals surface area contributed by atoms with Crippen molar-refractivity contribution >= 4 is 39.8 Å². The quantitative estimate of drug-likeness (QED) is 0.275. The molecule has 1 aromatic carbocycles. The molecule has 8 nitrogen and oxygen atoms in total. The number of amides is 2. The van der Waals surface area contributed by atoms with E-state index >= 15 is 0 Å². The molecule has 0 aliphatic heterocycles. The van der Waals surface area contributed by atoms with Gasteiger partial charge in [0.05, 0.1) is 11.3 Å². The van der Waals surface area contributed by atoms with E-state index in [1.54, 1.807) is 0 Å². The maximum absolute atomic E-state index is 12.9. The van der Waals surface area contributed by atoms with Crippen LogP contribution in [0.15, 0.2) is 18.2 Å². The Kier molecular flexibility index (Phi) is 10.6. The second-order valence-corrected chi connectivity index (χ2v) is 10.5. The highest BCUT2D eigenvalue weighted by molar-refractivity contribution is 7.15. The van der Waals surface area contributed by atoms with Gasteiger partial charge in [0.15, 0.2) is 5.13 Å². The van der Waals surface area contributed by atoms with E-state index in [0.717, 1.165) is 60.6 Å². The maximum atomic E-state index is 12.9. The summed E-state index contributed by atoms with van der Waals surface area (Å²) in [7, 11) is 1.86. The summed E-state index contributed by atoms with van der Waals surface area (Å²) in [5.74, 6) is -0.170. The molecule has 0 spiro atoms. The van der Waals surface area contributed by atoms with Crippen molar-refractivity contribution in [3.63, 3.8) is 0 Å². The monoisotopic (exact) mass is 489 g/mol. The minimum atomic E-state index is -0.469. The van der Waals surface area contributed by atoms with Crippen LogP contribution in [0.25, 0.3) is 0 Å². The highest BCUT2D eigenvalue weighted by Crippen LogP contribution is 2.25. The highest BCUT2D eigenvalue weighted by Gasteiger charge is 2.16. The Labute approximate surface area is 207 Å². The molecule has 0 aliphatic rings. The fourth-order valence-electron chi connectivity index (χ4n) is 3.24. The lowest BCUT2D eigenvalue weighted by Gasteiger charge is -2.19. The molecular formula is C25H39N5O3S. The normalized spacial score (nSPS) is 11.1. The van der Waals surface area contributed by atoms with Crippen LogP contribution in [0.4, 0.5) is 21.3 Å². The standard InChI is InChI=1S/C25H39N5O3S/c1-17-18(2)34-23(29-17)30-22(31)20-13-12-19(26-6)16-21(20)27-14-10-8-7-9-11-15-28-24(32)33-25(3,4)5/h12-13,16,26-27H,7-11,14-15H2,1-6H3,(H,28,32)(H,29,30,31). The van der Waals surface area contributed by atoms with Crippen LogP contribution in [-0.4, -0.2) is 42.7 Å². The number of carbonyl (C=O) groups excluding carboxylic acids is 2. The first-order valence-electron chi connectivity index (χ1n) is 11.9. The molecule has 0 fully saturated rings. The summed E-state index contributed by atoms with van der Waals surface area (Å²) in [4.78, 5) is 30.0. The van der Waals surface area contributed by atoms with Crippen LogP contribution in [0, 0.1) is 13.8 Å². The van der Waals surface area contributed by atoms with E-state index in [9.17, 15) is 9.59 Å². The first kappa shape index (κ1) is 27.4. The van der Waals surface area contributed by atoms with Crippen LogP contribution in [0.5, 0.6) is 0 Å². The number of nitrogens with zero attached hydrogens (tertiary/aromatic N) is 1. The molecule has 2 rings (SSSR count). The van der Waals surface area contributed by atoms with Crippen LogP contribution in [-0.2, 0) is 4.74 Å². The molecule has 1 aromatic heterocycles. The third-order valence-corrected chi connectivity index (χ3v) is 6.13. The molecule has 4 N–H and O–H groups in total. The van der Waals surface area contributed by atoms with Gasteiger partial charge in [-0.05, 0) is 65.7 Å². The van der Waals surface area contributed by atoms with Crippen LogP contribution >= 0.6 is 11.3 Å². The number of nitrogens with one attached hydrogen (secondary N) is 4. The Morgan fingerprint density at radius 3 is 2.32 bits per heavy atom. The lowest BCUT2D eigenvalue weighted by Crippen LogP contribution is -2.32. The highest BCUT2D eigenvalue weighted by atomic mass is 32.1. The van der Waals surface area contributed by atoms with Crippen molar-refractivity contribution in [3.05, 3.63) is 34.3 Å². The Morgan fingerprint density at radius 2 is 1.71 bits per heavy atom. The van der Waals surface area contributed by atoms with Crippen molar-refractivity contribution in [1.29, 1.82) is 0 Å². The summed E-state index contributed by atoms with van der Waals surface area (Å²) < 4.78 is 5.23. The largest absolute Gasteiger partial charge is 0.444 e. The zero-order valence-corrected chi connectivity index (χ0v) is 22.1. The predicted molar refractivity (Wildman–Crippen MR) is 141 cm³/mol. The first-order chi connectivity index (χ1) is 16.1. The summed E-state index contributed by atoms with van der Waals surface area (Å²) >= 11 is 1.48. The summed E-state index contributed by atoms with van der Waals surface area (Å²) in [5, 5.41) is 12.9. The van der Waals surface area contributed by atoms with Gasteiger partial charge in [-0.25, -0.2) is 9.78 Å². The van der Waals surface area contributed by atoms with Crippen molar-refractivity contribution < 1.29 is 14.3 Å². The average Bonchev–Trinajstić information content (AvgIpc) is 3.07. The van der Waals surface area contributed by atoms with Crippen LogP contribution in [0.3, 0.4) is 0 Å². The van der Waals surface area contributed by atoms with Crippen molar-refractivity contribution in [2.45, 2.75) is 72.3 Å². The molecule has 2 amide bonds. The van der Waals surface area contributed by atoms with Gasteiger partial charge in [-0.2, -0.15) is 0 Å². The Balaban J connectivity index is 1.74. The van der Waals surface area contributed by atoms with Crippen molar-refractivity contribution in [3.8, 4) is 0 Å². The van der Waals surface area contributed by atoms with E-state index in [4.69, 9.17) is 4.74 Å². The number of rotatable bonds is 12. The third kappa shape index (κ3) is 9.59. The van der Waals surface area contributed by atoms with E-state index in [-0.39, 0.29) is 12.0 Å². The number of unbranched alkanes of at least 4 members (excludes halogenated alkanes) is 4. The number of benzene rings is 1. The van der Waals surface area contributed by atoms with Crippen LogP contribution < -0.4 is 21.3 Å². The minimum absolute atomic E-state index is 0.170. The van der Waals surface area contributed by atoms with E-state index < -0.39 is 5.60 Å². The van der Waals surface area contributed by atoms with Gasteiger partial charge in [-0.1, -0.05) is 19.3 Å². The lowest BCUT2D eigenvalue weighted by molar-refractivity contribution is 0.0526. The smallest absolute Gasteiger partial charge is 0.407 e. The van der Waals surface area contributed by atoms with Gasteiger partial charge in [0.1, 0.15) is 5.60 Å². The van der Waals surface area contributed by atoms with Crippen molar-refractivity contribution in [1.82, 2.24) is 10.3 Å². The molecule has 9 heteroatoms. The fraction of sp³-hybridized carbons (Fsp3) is 0.560. The molecular weight excluding hydrogens is 450 g/mol. The van der Waals surface area contributed by atoms with Crippen molar-refractivity contribution in [2.75, 3.05) is 36.1 Å². The number of carbonyl (C=O) groups is 2. The molecule has 188 valence electrons. The van der Waals surface area contributed by atoms with Gasteiger partial charge in [0.25, 0.3) is 5.91 Å². The molecule has 0 unspecified atom stereocenters. The molecule has 0 saturated carbocycles. The number of hydrogen-bond acceptors (Lipinski definition) is 7. The zero-order chi connectivity index (χ0) is 25.1. The number of aromatic nitrogens is 1. The molecule has 34 heavy (non-hydrogen) atoms. The number of thiazole rings is 1. The summed E-state index contributed by atoms with van der Waals surface area (Å²) in [6, 6.07) is 5.67. The molecule has 1 heterocycles. The second-order valence-electron chi connectivity index (χ2n) is 9.25. The van der Waals surface area contributed by atoms with E-state index in [2.05, 4.69) is 26.3 Å². The Hall–Kier alpha value is -2.81. The molecule has 0 bridgehead atoms. The van der Waals surface area contributed by atoms with E-state index in [0.29, 0.717) is 17.2 Å². The SMILES string of the molecule is CNc1ccc(C(=O)Nc2nc(C)c(C)s2)c(NCCCCCCCNC(=O)OC(C)(C)C)c1. The topological polar surface area (TPSA) is 104 Å². The summed E-state index contributed by atoms with van der Waals surface area (Å²) in [6.07, 6.45) is 4.77. The molecule has 2 aromatic rings. The van der Waals surface area contributed by atoms with Gasteiger partial charge in [-0.15, -0.1) is 11.3 Å². The lowest BCUT2D eigenvalue weighted by atomic mass is 10.1. The predicted octanol–water partition coefficient (Wildman–Crippen LogP) is 5.94. The molecule has 0 aliphatic carbocycles. The van der Waals surface area contributed by atoms with Gasteiger partial charge in [0.2, 0.25) is 0 Å². The number of aryl methyl sites for hydroxylation is 2. The van der Waals surface area contributed by atoms with E-state index in [1.807, 2.05) is 59.9 Å².